The second-order valence-corrected chi connectivity index (χ2v) is 7.50. The summed E-state index contributed by atoms with van der Waals surface area (Å²) in [6.45, 7) is 7.50. The van der Waals surface area contributed by atoms with Crippen LogP contribution in [0.4, 0.5) is 4.79 Å². The molecule has 25 heavy (non-hydrogen) atoms. The number of halogens is 1. The fourth-order valence-corrected chi connectivity index (χ4v) is 3.25. The quantitative estimate of drug-likeness (QED) is 0.609. The zero-order valence-corrected chi connectivity index (χ0v) is 16.7. The van der Waals surface area contributed by atoms with Crippen LogP contribution in [0.1, 0.15) is 48.3 Å². The van der Waals surface area contributed by atoms with Crippen LogP contribution in [-0.2, 0) is 14.8 Å². The first-order valence-corrected chi connectivity index (χ1v) is 9.36. The monoisotopic (exact) mass is 412 g/mol. The van der Waals surface area contributed by atoms with Gasteiger partial charge in [-0.2, -0.15) is 0 Å². The van der Waals surface area contributed by atoms with Gasteiger partial charge in [-0.15, -0.1) is 0 Å². The number of nitrogens with zero attached hydrogens (tertiary/aromatic N) is 1. The molecule has 1 aromatic carbocycles. The molecule has 1 saturated heterocycles. The first kappa shape index (κ1) is 19.7. The second kappa shape index (κ2) is 8.19. The van der Waals surface area contributed by atoms with Crippen LogP contribution in [0.2, 0.25) is 0 Å². The Morgan fingerprint density at radius 2 is 2.08 bits per heavy atom. The molecule has 1 N–H and O–H groups in total. The van der Waals surface area contributed by atoms with Crippen LogP contribution in [0.25, 0.3) is 0 Å². The lowest BCUT2D eigenvalue weighted by Gasteiger charge is -2.37. The molecule has 0 bridgehead atoms. The Hall–Kier alpha value is -1.60. The summed E-state index contributed by atoms with van der Waals surface area (Å²) in [5.74, 6) is -0.369. The maximum absolute atomic E-state index is 12.6. The molecule has 1 aromatic rings. The number of hydrogen-bond donors (Lipinski definition) is 1. The van der Waals surface area contributed by atoms with Gasteiger partial charge in [-0.05, 0) is 38.0 Å². The largest absolute Gasteiger partial charge is 0.465 e. The Balaban J connectivity index is 2.30. The fraction of sp³-hybridized carbons (Fsp3) is 0.556. The average Bonchev–Trinajstić information content (AvgIpc) is 2.59. The zero-order chi connectivity index (χ0) is 18.6. The lowest BCUT2D eigenvalue weighted by molar-refractivity contribution is 0.0117. The molecule has 1 heterocycles. The maximum Gasteiger partial charge on any atom is 0.410 e. The summed E-state index contributed by atoms with van der Waals surface area (Å²) in [6, 6.07) is 5.41. The van der Waals surface area contributed by atoms with E-state index in [0.29, 0.717) is 24.0 Å². The van der Waals surface area contributed by atoms with Gasteiger partial charge in [0.1, 0.15) is 5.60 Å². The Labute approximate surface area is 157 Å². The highest BCUT2D eigenvalue weighted by Crippen LogP contribution is 2.27. The van der Waals surface area contributed by atoms with Crippen molar-refractivity contribution in [1.82, 2.24) is 10.2 Å². The molecule has 1 atom stereocenters. The van der Waals surface area contributed by atoms with E-state index >= 15 is 0 Å². The lowest BCUT2D eigenvalue weighted by atomic mass is 9.98. The van der Waals surface area contributed by atoms with Gasteiger partial charge in [0.05, 0.1) is 18.7 Å². The normalized spacial score (nSPS) is 18.0. The van der Waals surface area contributed by atoms with Crippen molar-refractivity contribution in [3.63, 3.8) is 0 Å². The number of rotatable bonds is 3. The van der Waals surface area contributed by atoms with Crippen molar-refractivity contribution in [2.75, 3.05) is 26.7 Å². The Kier molecular flexibility index (Phi) is 6.46. The van der Waals surface area contributed by atoms with Crippen molar-refractivity contribution >= 4 is 28.0 Å². The first-order chi connectivity index (χ1) is 11.8. The summed E-state index contributed by atoms with van der Waals surface area (Å²) < 4.78 is 10.4. The van der Waals surface area contributed by atoms with Gasteiger partial charge in [-0.1, -0.05) is 28.1 Å². The summed E-state index contributed by atoms with van der Waals surface area (Å²) in [7, 11) is 1.36. The van der Waals surface area contributed by atoms with Gasteiger partial charge in [0.2, 0.25) is 0 Å². The maximum atomic E-state index is 12.6. The SMILES string of the molecule is COC(=O)c1ccc(C2CNCCN2C(=O)OC(C)(C)C)cc1CBr. The third kappa shape index (κ3) is 4.95. The van der Waals surface area contributed by atoms with Gasteiger partial charge in [0, 0.05) is 25.0 Å². The predicted octanol–water partition coefficient (Wildman–Crippen LogP) is 3.25. The molecular weight excluding hydrogens is 388 g/mol. The third-order valence-corrected chi connectivity index (χ3v) is 4.54. The molecule has 1 aliphatic heterocycles. The number of carbonyl (C=O) groups excluding carboxylic acids is 2. The minimum Gasteiger partial charge on any atom is -0.465 e. The fourth-order valence-electron chi connectivity index (χ4n) is 2.78. The highest BCUT2D eigenvalue weighted by molar-refractivity contribution is 9.08. The summed E-state index contributed by atoms with van der Waals surface area (Å²) in [5, 5.41) is 3.84. The van der Waals surface area contributed by atoms with Crippen molar-refractivity contribution in [2.24, 2.45) is 0 Å². The van der Waals surface area contributed by atoms with E-state index in [4.69, 9.17) is 9.47 Å². The molecule has 1 unspecified atom stereocenters. The van der Waals surface area contributed by atoms with Gasteiger partial charge >= 0.3 is 12.1 Å². The highest BCUT2D eigenvalue weighted by Gasteiger charge is 2.31. The van der Waals surface area contributed by atoms with Crippen LogP contribution in [0.15, 0.2) is 18.2 Å². The van der Waals surface area contributed by atoms with Gasteiger partial charge in [-0.3, -0.25) is 4.90 Å². The molecule has 1 fully saturated rings. The van der Waals surface area contributed by atoms with Crippen molar-refractivity contribution in [2.45, 2.75) is 37.7 Å². The molecule has 0 spiro atoms. The smallest absolute Gasteiger partial charge is 0.410 e. The molecule has 0 saturated carbocycles. The molecule has 7 heteroatoms. The number of methoxy groups -OCH3 is 1. The van der Waals surface area contributed by atoms with E-state index in [1.54, 1.807) is 11.0 Å². The van der Waals surface area contributed by atoms with Gasteiger partial charge < -0.3 is 14.8 Å². The van der Waals surface area contributed by atoms with E-state index in [0.717, 1.165) is 17.7 Å². The first-order valence-electron chi connectivity index (χ1n) is 8.24. The molecule has 138 valence electrons. The topological polar surface area (TPSA) is 67.9 Å². The van der Waals surface area contributed by atoms with Crippen LogP contribution in [0.3, 0.4) is 0 Å². The Morgan fingerprint density at radius 1 is 1.36 bits per heavy atom. The number of hydrogen-bond acceptors (Lipinski definition) is 5. The van der Waals surface area contributed by atoms with E-state index in [1.165, 1.54) is 7.11 Å². The number of alkyl halides is 1. The number of esters is 1. The number of benzene rings is 1. The van der Waals surface area contributed by atoms with Gasteiger partial charge in [0.15, 0.2) is 0 Å². The molecule has 0 aromatic heterocycles. The van der Waals surface area contributed by atoms with E-state index in [1.807, 2.05) is 32.9 Å². The zero-order valence-electron chi connectivity index (χ0n) is 15.1. The number of piperazine rings is 1. The number of carbonyl (C=O) groups is 2. The van der Waals surface area contributed by atoms with E-state index in [2.05, 4.69) is 21.2 Å². The van der Waals surface area contributed by atoms with Crippen LogP contribution in [-0.4, -0.2) is 49.3 Å². The van der Waals surface area contributed by atoms with Crippen molar-refractivity contribution in [3.8, 4) is 0 Å². The number of ether oxygens (including phenoxy) is 2. The molecule has 0 radical (unpaired) electrons. The summed E-state index contributed by atoms with van der Waals surface area (Å²) in [4.78, 5) is 26.2. The van der Waals surface area contributed by atoms with Gasteiger partial charge in [0.25, 0.3) is 0 Å². The molecule has 1 amide bonds. The summed E-state index contributed by atoms with van der Waals surface area (Å²) in [5.41, 5.74) is 1.78. The molecule has 1 aliphatic rings. The number of amides is 1. The summed E-state index contributed by atoms with van der Waals surface area (Å²) in [6.07, 6.45) is -0.323. The summed E-state index contributed by atoms with van der Waals surface area (Å²) >= 11 is 3.42. The van der Waals surface area contributed by atoms with Gasteiger partial charge in [-0.25, -0.2) is 9.59 Å². The molecule has 6 nitrogen and oxygen atoms in total. The minimum atomic E-state index is -0.539. The molecular formula is C18H25BrN2O4. The molecule has 0 aliphatic carbocycles. The van der Waals surface area contributed by atoms with Crippen molar-refractivity contribution in [1.29, 1.82) is 0 Å². The van der Waals surface area contributed by atoms with Crippen LogP contribution >= 0.6 is 15.9 Å². The highest BCUT2D eigenvalue weighted by atomic mass is 79.9. The van der Waals surface area contributed by atoms with Crippen LogP contribution < -0.4 is 5.32 Å². The third-order valence-electron chi connectivity index (χ3n) is 3.93. The van der Waals surface area contributed by atoms with Crippen molar-refractivity contribution < 1.29 is 19.1 Å². The molecule has 2 rings (SSSR count). The number of nitrogens with one attached hydrogen (secondary N) is 1. The average molecular weight is 413 g/mol. The van der Waals surface area contributed by atoms with Crippen molar-refractivity contribution in [3.05, 3.63) is 34.9 Å². The van der Waals surface area contributed by atoms with E-state index in [-0.39, 0.29) is 18.1 Å². The lowest BCUT2D eigenvalue weighted by Crippen LogP contribution is -2.50. The van der Waals surface area contributed by atoms with E-state index < -0.39 is 5.60 Å². The standard InChI is InChI=1S/C18H25BrN2O4/c1-18(2,3)25-17(23)21-8-7-20-11-15(21)12-5-6-14(16(22)24-4)13(9-12)10-19/h5-6,9,15,20H,7-8,10-11H2,1-4H3. The Morgan fingerprint density at radius 3 is 2.68 bits per heavy atom. The van der Waals surface area contributed by atoms with Crippen LogP contribution in [0, 0.1) is 0 Å². The second-order valence-electron chi connectivity index (χ2n) is 6.94. The predicted molar refractivity (Wildman–Crippen MR) is 99.0 cm³/mol. The minimum absolute atomic E-state index is 0.145. The van der Waals surface area contributed by atoms with Crippen LogP contribution in [0.5, 0.6) is 0 Å². The van der Waals surface area contributed by atoms with E-state index in [9.17, 15) is 9.59 Å². The Bertz CT molecular complexity index is 642.